The normalized spacial score (nSPS) is 22.9. The molecule has 1 aromatic carbocycles. The first-order chi connectivity index (χ1) is 14.7. The topological polar surface area (TPSA) is 89.8 Å². The first-order valence-corrected chi connectivity index (χ1v) is 10.8. The summed E-state index contributed by atoms with van der Waals surface area (Å²) in [5.41, 5.74) is 0.703. The van der Waals surface area contributed by atoms with E-state index in [9.17, 15) is 14.4 Å². The van der Waals surface area contributed by atoms with Crippen molar-refractivity contribution >= 4 is 23.2 Å². The van der Waals surface area contributed by atoms with Gasteiger partial charge in [-0.15, -0.1) is 0 Å². The summed E-state index contributed by atoms with van der Waals surface area (Å²) < 4.78 is 20.0. The number of nitrogens with one attached hydrogen (secondary N) is 2. The fourth-order valence-corrected chi connectivity index (χ4v) is 4.46. The van der Waals surface area contributed by atoms with Gasteiger partial charge in [0.15, 0.2) is 5.92 Å². The van der Waals surface area contributed by atoms with Crippen LogP contribution in [0.5, 0.6) is 0 Å². The second kappa shape index (κ2) is 9.43. The zero-order chi connectivity index (χ0) is 20.9. The number of piperazine rings is 1. The average molecular weight is 413 g/mol. The number of nitriles is 1. The van der Waals surface area contributed by atoms with Crippen molar-refractivity contribution in [3.05, 3.63) is 24.0 Å². The number of esters is 1. The third-order valence-corrected chi connectivity index (χ3v) is 6.16. The van der Waals surface area contributed by atoms with Crippen molar-refractivity contribution in [3.63, 3.8) is 0 Å². The van der Waals surface area contributed by atoms with Crippen molar-refractivity contribution in [2.24, 2.45) is 16.8 Å². The molecule has 1 aromatic rings. The van der Waals surface area contributed by atoms with E-state index in [1.807, 2.05) is 0 Å². The highest BCUT2D eigenvalue weighted by molar-refractivity contribution is 6.00. The van der Waals surface area contributed by atoms with E-state index in [2.05, 4.69) is 26.6 Å². The lowest BCUT2D eigenvalue weighted by Crippen LogP contribution is -2.55. The summed E-state index contributed by atoms with van der Waals surface area (Å²) in [4.78, 5) is 19.6. The number of benzene rings is 1. The molecule has 0 aromatic heterocycles. The van der Waals surface area contributed by atoms with Crippen molar-refractivity contribution in [2.45, 2.75) is 38.1 Å². The lowest BCUT2D eigenvalue weighted by molar-refractivity contribution is -0.148. The molecule has 160 valence electrons. The van der Waals surface area contributed by atoms with E-state index < -0.39 is 23.7 Å². The number of nitrogens with zero attached hydrogens (tertiary/aromatic N) is 3. The van der Waals surface area contributed by atoms with Gasteiger partial charge in [-0.05, 0) is 30.9 Å². The lowest BCUT2D eigenvalue weighted by Gasteiger charge is -2.38. The predicted octanol–water partition coefficient (Wildman–Crippen LogP) is 2.82. The fourth-order valence-electron chi connectivity index (χ4n) is 4.46. The number of amidine groups is 1. The van der Waals surface area contributed by atoms with Crippen LogP contribution in [0.15, 0.2) is 23.2 Å². The van der Waals surface area contributed by atoms with Gasteiger partial charge in [-0.2, -0.15) is 5.26 Å². The van der Waals surface area contributed by atoms with Crippen LogP contribution in [0.25, 0.3) is 0 Å². The molecule has 0 amide bonds. The number of halogens is 1. The summed E-state index contributed by atoms with van der Waals surface area (Å²) in [6.07, 6.45) is 5.65. The van der Waals surface area contributed by atoms with Crippen LogP contribution in [0.2, 0.25) is 0 Å². The summed E-state index contributed by atoms with van der Waals surface area (Å²) >= 11 is 0. The maximum atomic E-state index is 14.4. The molecular weight excluding hydrogens is 385 g/mol. The number of fused-ring (bicyclic) bond motifs is 1. The maximum Gasteiger partial charge on any atom is 0.325 e. The molecule has 0 spiro atoms. The van der Waals surface area contributed by atoms with E-state index in [1.165, 1.54) is 12.5 Å². The van der Waals surface area contributed by atoms with Crippen LogP contribution in [0.1, 0.15) is 32.1 Å². The number of carbonyl (C=O) groups is 1. The SMILES string of the molecule is N#CC(C(=O)OCC1CCCCC1)C1Nc2c(F)cccc2N=C1N1CCNCC1. The molecule has 1 saturated heterocycles. The smallest absolute Gasteiger partial charge is 0.325 e. The fraction of sp³-hybridized carbons (Fsp3) is 0.591. The van der Waals surface area contributed by atoms with Crippen LogP contribution < -0.4 is 10.6 Å². The number of aliphatic imine (C=N–C) groups is 1. The van der Waals surface area contributed by atoms with E-state index in [-0.39, 0.29) is 5.69 Å². The third-order valence-electron chi connectivity index (χ3n) is 6.16. The monoisotopic (exact) mass is 413 g/mol. The van der Waals surface area contributed by atoms with Crippen LogP contribution in [-0.4, -0.2) is 55.5 Å². The van der Waals surface area contributed by atoms with Gasteiger partial charge in [-0.1, -0.05) is 25.3 Å². The summed E-state index contributed by atoms with van der Waals surface area (Å²) in [6.45, 7) is 3.32. The maximum absolute atomic E-state index is 14.4. The zero-order valence-corrected chi connectivity index (χ0v) is 17.1. The second-order valence-corrected chi connectivity index (χ2v) is 8.20. The Kier molecular flexibility index (Phi) is 6.48. The number of para-hydroxylation sites is 1. The number of rotatable bonds is 4. The van der Waals surface area contributed by atoms with Gasteiger partial charge in [0.2, 0.25) is 0 Å². The van der Waals surface area contributed by atoms with E-state index in [0.29, 0.717) is 37.1 Å². The molecular formula is C22H28FN5O2. The minimum Gasteiger partial charge on any atom is -0.464 e. The molecule has 1 saturated carbocycles. The molecule has 2 heterocycles. The molecule has 2 atom stereocenters. The Labute approximate surface area is 176 Å². The molecule has 2 unspecified atom stereocenters. The van der Waals surface area contributed by atoms with E-state index in [4.69, 9.17) is 4.74 Å². The first-order valence-electron chi connectivity index (χ1n) is 10.8. The molecule has 2 N–H and O–H groups in total. The quantitative estimate of drug-likeness (QED) is 0.738. The molecule has 7 nitrogen and oxygen atoms in total. The molecule has 0 bridgehead atoms. The molecule has 0 radical (unpaired) electrons. The van der Waals surface area contributed by atoms with Gasteiger partial charge in [0.1, 0.15) is 17.7 Å². The highest BCUT2D eigenvalue weighted by atomic mass is 19.1. The molecule has 8 heteroatoms. The Morgan fingerprint density at radius 2 is 2.07 bits per heavy atom. The Balaban J connectivity index is 1.56. The second-order valence-electron chi connectivity index (χ2n) is 8.20. The molecule has 4 rings (SSSR count). The van der Waals surface area contributed by atoms with Gasteiger partial charge < -0.3 is 20.3 Å². The Morgan fingerprint density at radius 3 is 2.80 bits per heavy atom. The summed E-state index contributed by atoms with van der Waals surface area (Å²) in [6, 6.07) is 6.02. The van der Waals surface area contributed by atoms with Crippen molar-refractivity contribution in [3.8, 4) is 6.07 Å². The average Bonchev–Trinajstić information content (AvgIpc) is 2.79. The van der Waals surface area contributed by atoms with E-state index in [1.54, 1.807) is 12.1 Å². The van der Waals surface area contributed by atoms with Crippen molar-refractivity contribution in [1.29, 1.82) is 5.26 Å². The number of ether oxygens (including phenoxy) is 1. The van der Waals surface area contributed by atoms with Gasteiger partial charge in [0.05, 0.1) is 24.1 Å². The molecule has 2 aliphatic heterocycles. The standard InChI is InChI=1S/C22H28FN5O2/c23-17-7-4-8-18-20(17)27-19(21(26-18)28-11-9-25-10-12-28)16(13-24)22(29)30-14-15-5-2-1-3-6-15/h4,7-8,15-16,19,25,27H,1-3,5-6,9-12,14H2. The zero-order valence-electron chi connectivity index (χ0n) is 17.1. The molecule has 30 heavy (non-hydrogen) atoms. The number of hydrogen-bond acceptors (Lipinski definition) is 7. The van der Waals surface area contributed by atoms with Gasteiger partial charge in [0, 0.05) is 26.2 Å². The molecule has 1 aliphatic carbocycles. The molecule has 2 fully saturated rings. The summed E-state index contributed by atoms with van der Waals surface area (Å²) in [7, 11) is 0. The van der Waals surface area contributed by atoms with Crippen molar-refractivity contribution in [1.82, 2.24) is 10.2 Å². The van der Waals surface area contributed by atoms with Crippen LogP contribution in [0, 0.1) is 29.0 Å². The van der Waals surface area contributed by atoms with Crippen molar-refractivity contribution < 1.29 is 13.9 Å². The van der Waals surface area contributed by atoms with Crippen LogP contribution in [0.3, 0.4) is 0 Å². The molecule has 3 aliphatic rings. The number of anilines is 1. The van der Waals surface area contributed by atoms with Crippen LogP contribution in [-0.2, 0) is 9.53 Å². The number of hydrogen-bond donors (Lipinski definition) is 2. The Bertz CT molecular complexity index is 840. The van der Waals surface area contributed by atoms with E-state index in [0.717, 1.165) is 38.8 Å². The highest BCUT2D eigenvalue weighted by Gasteiger charge is 2.39. The van der Waals surface area contributed by atoms with Crippen molar-refractivity contribution in [2.75, 3.05) is 38.1 Å². The lowest BCUT2D eigenvalue weighted by atomic mass is 9.90. The predicted molar refractivity (Wildman–Crippen MR) is 112 cm³/mol. The van der Waals surface area contributed by atoms with Gasteiger partial charge in [-0.3, -0.25) is 4.79 Å². The van der Waals surface area contributed by atoms with Gasteiger partial charge in [0.25, 0.3) is 0 Å². The van der Waals surface area contributed by atoms with E-state index >= 15 is 0 Å². The third kappa shape index (κ3) is 4.41. The Morgan fingerprint density at radius 1 is 1.30 bits per heavy atom. The van der Waals surface area contributed by atoms with Gasteiger partial charge >= 0.3 is 5.97 Å². The van der Waals surface area contributed by atoms with Gasteiger partial charge in [-0.25, -0.2) is 9.38 Å². The summed E-state index contributed by atoms with van der Waals surface area (Å²) in [5, 5.41) is 16.2. The Hall–Kier alpha value is -2.66. The number of carbonyl (C=O) groups excluding carboxylic acids is 1. The highest BCUT2D eigenvalue weighted by Crippen LogP contribution is 2.35. The first kappa shape index (κ1) is 20.6. The van der Waals surface area contributed by atoms with Crippen LogP contribution in [0.4, 0.5) is 15.8 Å². The van der Waals surface area contributed by atoms with Crippen LogP contribution >= 0.6 is 0 Å². The minimum atomic E-state index is -1.10. The summed E-state index contributed by atoms with van der Waals surface area (Å²) in [5.74, 6) is -1.16. The minimum absolute atomic E-state index is 0.224. The largest absolute Gasteiger partial charge is 0.464 e.